The van der Waals surface area contributed by atoms with Gasteiger partial charge in [-0.15, -0.1) is 12.4 Å². The molecule has 1 aliphatic heterocycles. The van der Waals surface area contributed by atoms with Crippen molar-refractivity contribution in [3.8, 4) is 0 Å². The van der Waals surface area contributed by atoms with Crippen molar-refractivity contribution < 1.29 is 18.0 Å². The van der Waals surface area contributed by atoms with Crippen LogP contribution in [0.2, 0.25) is 0 Å². The van der Waals surface area contributed by atoms with Gasteiger partial charge in [0.1, 0.15) is 0 Å². The standard InChI is InChI=1S/C17H23N3O4S.ClH/c18-12-6-8-13(9-7-12)19-25(23,24)11-3-10-20-16(21)14-4-1-2-5-15(14)17(20)22;/h1-2,4-5,12-13,19H,3,6-11,18H2;1H. The van der Waals surface area contributed by atoms with Crippen molar-refractivity contribution in [1.29, 1.82) is 0 Å². The van der Waals surface area contributed by atoms with Gasteiger partial charge in [0, 0.05) is 18.6 Å². The highest BCUT2D eigenvalue weighted by atomic mass is 35.5. The van der Waals surface area contributed by atoms with Crippen LogP contribution in [-0.4, -0.2) is 49.5 Å². The molecule has 0 radical (unpaired) electrons. The van der Waals surface area contributed by atoms with Gasteiger partial charge in [0.15, 0.2) is 0 Å². The first-order chi connectivity index (χ1) is 11.9. The number of amides is 2. The second kappa shape index (κ2) is 8.47. The van der Waals surface area contributed by atoms with Crippen LogP contribution in [0.1, 0.15) is 52.8 Å². The Morgan fingerprint density at radius 2 is 1.58 bits per heavy atom. The number of benzene rings is 1. The van der Waals surface area contributed by atoms with E-state index in [9.17, 15) is 18.0 Å². The first-order valence-electron chi connectivity index (χ1n) is 8.58. The molecule has 3 rings (SSSR count). The Morgan fingerprint density at radius 3 is 2.12 bits per heavy atom. The molecule has 26 heavy (non-hydrogen) atoms. The van der Waals surface area contributed by atoms with Gasteiger partial charge >= 0.3 is 0 Å². The van der Waals surface area contributed by atoms with Crippen LogP contribution < -0.4 is 10.5 Å². The molecule has 1 aromatic rings. The Kier molecular flexibility index (Phi) is 6.79. The number of hydrogen-bond acceptors (Lipinski definition) is 5. The number of halogens is 1. The van der Waals surface area contributed by atoms with Gasteiger partial charge in [0.05, 0.1) is 16.9 Å². The van der Waals surface area contributed by atoms with Crippen molar-refractivity contribution in [2.24, 2.45) is 5.73 Å². The summed E-state index contributed by atoms with van der Waals surface area (Å²) in [4.78, 5) is 25.6. The molecular weight excluding hydrogens is 378 g/mol. The molecule has 1 fully saturated rings. The number of imide groups is 1. The van der Waals surface area contributed by atoms with Crippen molar-refractivity contribution in [1.82, 2.24) is 9.62 Å². The van der Waals surface area contributed by atoms with Crippen LogP contribution in [0.4, 0.5) is 0 Å². The SMILES string of the molecule is Cl.NC1CCC(NS(=O)(=O)CCCN2C(=O)c3ccccc3C2=O)CC1. The van der Waals surface area contributed by atoms with Crippen molar-refractivity contribution in [3.05, 3.63) is 35.4 Å². The van der Waals surface area contributed by atoms with Gasteiger partial charge in [-0.2, -0.15) is 0 Å². The fraction of sp³-hybridized carbons (Fsp3) is 0.529. The van der Waals surface area contributed by atoms with E-state index in [-0.39, 0.29) is 55.0 Å². The van der Waals surface area contributed by atoms with Crippen molar-refractivity contribution >= 4 is 34.2 Å². The molecule has 1 saturated carbocycles. The van der Waals surface area contributed by atoms with Crippen molar-refractivity contribution in [3.63, 3.8) is 0 Å². The monoisotopic (exact) mass is 401 g/mol. The maximum Gasteiger partial charge on any atom is 0.261 e. The molecule has 0 bridgehead atoms. The minimum absolute atomic E-state index is 0. The van der Waals surface area contributed by atoms with Crippen LogP contribution in [0.25, 0.3) is 0 Å². The average molecular weight is 402 g/mol. The van der Waals surface area contributed by atoms with Crippen LogP contribution in [0.3, 0.4) is 0 Å². The van der Waals surface area contributed by atoms with Crippen LogP contribution in [0, 0.1) is 0 Å². The first kappa shape index (κ1) is 20.8. The molecule has 144 valence electrons. The van der Waals surface area contributed by atoms with Crippen molar-refractivity contribution in [2.75, 3.05) is 12.3 Å². The molecular formula is C17H24ClN3O4S. The molecule has 7 nitrogen and oxygen atoms in total. The van der Waals surface area contributed by atoms with E-state index in [4.69, 9.17) is 5.73 Å². The summed E-state index contributed by atoms with van der Waals surface area (Å²) in [6, 6.07) is 6.73. The van der Waals surface area contributed by atoms with Gasteiger partial charge < -0.3 is 5.73 Å². The lowest BCUT2D eigenvalue weighted by molar-refractivity contribution is 0.0654. The summed E-state index contributed by atoms with van der Waals surface area (Å²) < 4.78 is 27.1. The zero-order chi connectivity index (χ0) is 18.0. The largest absolute Gasteiger partial charge is 0.328 e. The predicted molar refractivity (Wildman–Crippen MR) is 101 cm³/mol. The zero-order valence-corrected chi connectivity index (χ0v) is 16.0. The summed E-state index contributed by atoms with van der Waals surface area (Å²) in [6.45, 7) is 0.1000. The van der Waals surface area contributed by atoms with Gasteiger partial charge in [-0.3, -0.25) is 14.5 Å². The van der Waals surface area contributed by atoms with E-state index in [2.05, 4.69) is 4.72 Å². The fourth-order valence-corrected chi connectivity index (χ4v) is 4.78. The Labute approximate surface area is 159 Å². The molecule has 0 aromatic heterocycles. The van der Waals surface area contributed by atoms with E-state index in [0.717, 1.165) is 30.6 Å². The van der Waals surface area contributed by atoms with E-state index in [1.807, 2.05) is 0 Å². The van der Waals surface area contributed by atoms with Crippen LogP contribution in [-0.2, 0) is 10.0 Å². The molecule has 0 spiro atoms. The average Bonchev–Trinajstić information content (AvgIpc) is 2.82. The molecule has 0 unspecified atom stereocenters. The number of nitrogens with one attached hydrogen (secondary N) is 1. The Bertz CT molecular complexity index is 741. The summed E-state index contributed by atoms with van der Waals surface area (Å²) >= 11 is 0. The summed E-state index contributed by atoms with van der Waals surface area (Å²) in [5, 5.41) is 0. The highest BCUT2D eigenvalue weighted by Crippen LogP contribution is 2.22. The molecule has 3 N–H and O–H groups in total. The highest BCUT2D eigenvalue weighted by molar-refractivity contribution is 7.89. The number of nitrogens with zero attached hydrogens (tertiary/aromatic N) is 1. The molecule has 0 saturated heterocycles. The van der Waals surface area contributed by atoms with Gasteiger partial charge in [-0.25, -0.2) is 13.1 Å². The van der Waals surface area contributed by atoms with E-state index < -0.39 is 10.0 Å². The number of carbonyl (C=O) groups is 2. The fourth-order valence-electron chi connectivity index (χ4n) is 3.40. The first-order valence-corrected chi connectivity index (χ1v) is 10.2. The molecule has 0 atom stereocenters. The summed E-state index contributed by atoms with van der Waals surface area (Å²) in [5.74, 6) is -0.817. The lowest BCUT2D eigenvalue weighted by atomic mass is 9.93. The van der Waals surface area contributed by atoms with Gasteiger partial charge in [0.2, 0.25) is 10.0 Å². The highest BCUT2D eigenvalue weighted by Gasteiger charge is 2.34. The Balaban J connectivity index is 0.00000243. The number of rotatable bonds is 6. The topological polar surface area (TPSA) is 110 Å². The van der Waals surface area contributed by atoms with E-state index in [1.54, 1.807) is 24.3 Å². The minimum atomic E-state index is -3.43. The maximum absolute atomic E-state index is 12.2. The van der Waals surface area contributed by atoms with Crippen LogP contribution in [0.5, 0.6) is 0 Å². The molecule has 2 amide bonds. The third kappa shape index (κ3) is 4.62. The quantitative estimate of drug-likeness (QED) is 0.698. The lowest BCUT2D eigenvalue weighted by Gasteiger charge is -2.26. The number of carbonyl (C=O) groups excluding carboxylic acids is 2. The third-order valence-electron chi connectivity index (χ3n) is 4.79. The van der Waals surface area contributed by atoms with Gasteiger partial charge in [-0.1, -0.05) is 12.1 Å². The van der Waals surface area contributed by atoms with Crippen LogP contribution in [0.15, 0.2) is 24.3 Å². The minimum Gasteiger partial charge on any atom is -0.328 e. The van der Waals surface area contributed by atoms with E-state index in [1.165, 1.54) is 0 Å². The summed E-state index contributed by atoms with van der Waals surface area (Å²) in [5.41, 5.74) is 6.59. The molecule has 1 aromatic carbocycles. The van der Waals surface area contributed by atoms with E-state index in [0.29, 0.717) is 11.1 Å². The predicted octanol–water partition coefficient (Wildman–Crippen LogP) is 1.28. The Hall–Kier alpha value is -1.48. The second-order valence-electron chi connectivity index (χ2n) is 6.71. The Morgan fingerprint density at radius 1 is 1.04 bits per heavy atom. The maximum atomic E-state index is 12.2. The molecule has 2 aliphatic rings. The number of nitrogens with two attached hydrogens (primary N) is 1. The normalized spacial score (nSPS) is 22.9. The number of fused-ring (bicyclic) bond motifs is 1. The van der Waals surface area contributed by atoms with Gasteiger partial charge in [-0.05, 0) is 44.2 Å². The van der Waals surface area contributed by atoms with Gasteiger partial charge in [0.25, 0.3) is 11.8 Å². The number of hydrogen-bond donors (Lipinski definition) is 2. The smallest absolute Gasteiger partial charge is 0.261 e. The van der Waals surface area contributed by atoms with Crippen LogP contribution >= 0.6 is 12.4 Å². The van der Waals surface area contributed by atoms with E-state index >= 15 is 0 Å². The lowest BCUT2D eigenvalue weighted by Crippen LogP contribution is -2.41. The molecule has 1 heterocycles. The third-order valence-corrected chi connectivity index (χ3v) is 6.31. The zero-order valence-electron chi connectivity index (χ0n) is 14.4. The second-order valence-corrected chi connectivity index (χ2v) is 8.58. The van der Waals surface area contributed by atoms with Crippen molar-refractivity contribution in [2.45, 2.75) is 44.2 Å². The molecule has 9 heteroatoms. The summed E-state index contributed by atoms with van der Waals surface area (Å²) in [6.07, 6.45) is 3.36. The number of sulfonamides is 1. The summed E-state index contributed by atoms with van der Waals surface area (Å²) in [7, 11) is -3.43. The molecule has 1 aliphatic carbocycles.